The van der Waals surface area contributed by atoms with Gasteiger partial charge in [-0.3, -0.25) is 0 Å². The van der Waals surface area contributed by atoms with Gasteiger partial charge in [0.25, 0.3) is 0 Å². The molecule has 1 aromatic carbocycles. The molecule has 2 N–H and O–H groups in total. The van der Waals surface area contributed by atoms with Crippen LogP contribution in [0.1, 0.15) is 37.8 Å². The quantitative estimate of drug-likeness (QED) is 0.836. The van der Waals surface area contributed by atoms with Crippen molar-refractivity contribution < 1.29 is 0 Å². The molecule has 0 unspecified atom stereocenters. The van der Waals surface area contributed by atoms with Crippen molar-refractivity contribution in [2.45, 2.75) is 52.6 Å². The van der Waals surface area contributed by atoms with Crippen LogP contribution in [0.3, 0.4) is 0 Å². The second-order valence-corrected chi connectivity index (χ2v) is 6.73. The molecule has 1 aliphatic rings. The van der Waals surface area contributed by atoms with E-state index in [1.807, 2.05) is 0 Å². The first-order valence-electron chi connectivity index (χ1n) is 7.84. The Morgan fingerprint density at radius 3 is 2.52 bits per heavy atom. The fourth-order valence-corrected chi connectivity index (χ4v) is 3.05. The number of benzene rings is 1. The Labute approximate surface area is 134 Å². The van der Waals surface area contributed by atoms with E-state index in [0.717, 1.165) is 36.7 Å². The number of rotatable bonds is 3. The molecule has 0 amide bonds. The Balaban J connectivity index is 1.84. The van der Waals surface area contributed by atoms with Crippen LogP contribution in [0.2, 0.25) is 0 Å². The second-order valence-electron chi connectivity index (χ2n) is 6.32. The lowest BCUT2D eigenvalue weighted by Gasteiger charge is -2.35. The van der Waals surface area contributed by atoms with E-state index in [9.17, 15) is 0 Å². The normalized spacial score (nSPS) is 17.0. The molecule has 1 aliphatic heterocycles. The van der Waals surface area contributed by atoms with Gasteiger partial charge in [-0.15, -0.1) is 0 Å². The van der Waals surface area contributed by atoms with Crippen LogP contribution in [0, 0.1) is 13.8 Å². The van der Waals surface area contributed by atoms with Crippen molar-refractivity contribution in [2.24, 2.45) is 0 Å². The molecule has 0 bridgehead atoms. The van der Waals surface area contributed by atoms with E-state index in [0.29, 0.717) is 12.1 Å². The number of hydrogen-bond acceptors (Lipinski definition) is 2. The summed E-state index contributed by atoms with van der Waals surface area (Å²) in [6.07, 6.45) is 2.32. The van der Waals surface area contributed by atoms with Gasteiger partial charge < -0.3 is 15.5 Å². The molecule has 1 heterocycles. The van der Waals surface area contributed by atoms with E-state index in [-0.39, 0.29) is 0 Å². The van der Waals surface area contributed by atoms with Crippen molar-refractivity contribution in [3.05, 3.63) is 29.3 Å². The van der Waals surface area contributed by atoms with Gasteiger partial charge in [0.2, 0.25) is 0 Å². The van der Waals surface area contributed by atoms with Gasteiger partial charge in [-0.05, 0) is 69.9 Å². The molecule has 1 aromatic rings. The van der Waals surface area contributed by atoms with E-state index in [1.54, 1.807) is 0 Å². The molecule has 116 valence electrons. The summed E-state index contributed by atoms with van der Waals surface area (Å²) in [6, 6.07) is 7.53. The highest BCUT2D eigenvalue weighted by molar-refractivity contribution is 7.80. The van der Waals surface area contributed by atoms with Crippen molar-refractivity contribution in [1.29, 1.82) is 0 Å². The molecule has 3 nitrogen and oxygen atoms in total. The van der Waals surface area contributed by atoms with Crippen molar-refractivity contribution in [1.82, 2.24) is 10.2 Å². The fourth-order valence-electron chi connectivity index (χ4n) is 2.77. The molecule has 0 aliphatic carbocycles. The SMILES string of the molecule is Cc1ccc(C)c(NC(=S)NC2CCN(C(C)C)CC2)c1. The monoisotopic (exact) mass is 305 g/mol. The van der Waals surface area contributed by atoms with Gasteiger partial charge in [0.05, 0.1) is 0 Å². The number of thiocarbonyl (C=S) groups is 1. The molecule has 4 heteroatoms. The lowest BCUT2D eigenvalue weighted by molar-refractivity contribution is 0.168. The van der Waals surface area contributed by atoms with E-state index in [1.165, 1.54) is 11.1 Å². The molecule has 0 saturated carbocycles. The highest BCUT2D eigenvalue weighted by Crippen LogP contribution is 2.17. The maximum atomic E-state index is 5.46. The standard InChI is InChI=1S/C17H27N3S/c1-12(2)20-9-7-15(8-10-20)18-17(21)19-16-11-13(3)5-6-14(16)4/h5-6,11-12,15H,7-10H2,1-4H3,(H2,18,19,21). The van der Waals surface area contributed by atoms with Crippen LogP contribution in [0.4, 0.5) is 5.69 Å². The summed E-state index contributed by atoms with van der Waals surface area (Å²) >= 11 is 5.46. The van der Waals surface area contributed by atoms with E-state index >= 15 is 0 Å². The number of anilines is 1. The molecule has 0 aromatic heterocycles. The summed E-state index contributed by atoms with van der Waals surface area (Å²) in [6.45, 7) is 11.0. The Bertz CT molecular complexity index is 491. The number of likely N-dealkylation sites (tertiary alicyclic amines) is 1. The lowest BCUT2D eigenvalue weighted by Crippen LogP contribution is -2.47. The summed E-state index contributed by atoms with van der Waals surface area (Å²) in [4.78, 5) is 2.53. The highest BCUT2D eigenvalue weighted by atomic mass is 32.1. The van der Waals surface area contributed by atoms with Crippen LogP contribution in [0.25, 0.3) is 0 Å². The average molecular weight is 305 g/mol. The van der Waals surface area contributed by atoms with Crippen molar-refractivity contribution in [2.75, 3.05) is 18.4 Å². The number of nitrogens with one attached hydrogen (secondary N) is 2. The van der Waals surface area contributed by atoms with Crippen LogP contribution in [0.5, 0.6) is 0 Å². The molecular formula is C17H27N3S. The predicted octanol–water partition coefficient (Wildman–Crippen LogP) is 3.46. The van der Waals surface area contributed by atoms with Crippen molar-refractivity contribution in [3.8, 4) is 0 Å². The van der Waals surface area contributed by atoms with Crippen molar-refractivity contribution in [3.63, 3.8) is 0 Å². The Morgan fingerprint density at radius 2 is 1.90 bits per heavy atom. The van der Waals surface area contributed by atoms with Crippen LogP contribution in [-0.4, -0.2) is 35.2 Å². The van der Waals surface area contributed by atoms with Gasteiger partial charge in [0.1, 0.15) is 0 Å². The van der Waals surface area contributed by atoms with Gasteiger partial charge in [-0.25, -0.2) is 0 Å². The predicted molar refractivity (Wildman–Crippen MR) is 95.0 cm³/mol. The number of aryl methyl sites for hydroxylation is 2. The fraction of sp³-hybridized carbons (Fsp3) is 0.588. The first kappa shape index (κ1) is 16.2. The minimum atomic E-state index is 0.491. The molecule has 21 heavy (non-hydrogen) atoms. The maximum Gasteiger partial charge on any atom is 0.171 e. The first-order chi connectivity index (χ1) is 9.95. The molecule has 1 fully saturated rings. The molecule has 0 spiro atoms. The van der Waals surface area contributed by atoms with Crippen LogP contribution >= 0.6 is 12.2 Å². The van der Waals surface area contributed by atoms with Gasteiger partial charge in [-0.2, -0.15) is 0 Å². The molecule has 0 atom stereocenters. The zero-order valence-electron chi connectivity index (χ0n) is 13.6. The van der Waals surface area contributed by atoms with Gasteiger partial charge in [0, 0.05) is 30.9 Å². The molecule has 0 radical (unpaired) electrons. The van der Waals surface area contributed by atoms with Crippen LogP contribution in [-0.2, 0) is 0 Å². The minimum Gasteiger partial charge on any atom is -0.360 e. The number of piperidine rings is 1. The summed E-state index contributed by atoms with van der Waals surface area (Å²) < 4.78 is 0. The number of nitrogens with zero attached hydrogens (tertiary/aromatic N) is 1. The Hall–Kier alpha value is -1.13. The van der Waals surface area contributed by atoms with Gasteiger partial charge >= 0.3 is 0 Å². The van der Waals surface area contributed by atoms with E-state index < -0.39 is 0 Å². The Morgan fingerprint density at radius 1 is 1.24 bits per heavy atom. The zero-order valence-corrected chi connectivity index (χ0v) is 14.4. The third kappa shape index (κ3) is 4.68. The number of hydrogen-bond donors (Lipinski definition) is 2. The maximum absolute atomic E-state index is 5.46. The van der Waals surface area contributed by atoms with E-state index in [2.05, 4.69) is 61.4 Å². The summed E-state index contributed by atoms with van der Waals surface area (Å²) in [7, 11) is 0. The molecule has 2 rings (SSSR count). The first-order valence-corrected chi connectivity index (χ1v) is 8.25. The highest BCUT2D eigenvalue weighted by Gasteiger charge is 2.21. The van der Waals surface area contributed by atoms with Crippen LogP contribution in [0.15, 0.2) is 18.2 Å². The third-order valence-corrected chi connectivity index (χ3v) is 4.46. The minimum absolute atomic E-state index is 0.491. The zero-order chi connectivity index (χ0) is 15.4. The average Bonchev–Trinajstić information content (AvgIpc) is 2.43. The summed E-state index contributed by atoms with van der Waals surface area (Å²) in [5.74, 6) is 0. The van der Waals surface area contributed by atoms with Gasteiger partial charge in [-0.1, -0.05) is 12.1 Å². The van der Waals surface area contributed by atoms with Gasteiger partial charge in [0.15, 0.2) is 5.11 Å². The largest absolute Gasteiger partial charge is 0.360 e. The van der Waals surface area contributed by atoms with Crippen molar-refractivity contribution >= 4 is 23.0 Å². The summed E-state index contributed by atoms with van der Waals surface area (Å²) in [5, 5.41) is 7.55. The lowest BCUT2D eigenvalue weighted by atomic mass is 10.0. The molecule has 1 saturated heterocycles. The third-order valence-electron chi connectivity index (χ3n) is 4.24. The van der Waals surface area contributed by atoms with E-state index in [4.69, 9.17) is 12.2 Å². The summed E-state index contributed by atoms with van der Waals surface area (Å²) in [5.41, 5.74) is 3.57. The smallest absolute Gasteiger partial charge is 0.171 e. The van der Waals surface area contributed by atoms with Crippen LogP contribution < -0.4 is 10.6 Å². The Kier molecular flexibility index (Phi) is 5.59. The topological polar surface area (TPSA) is 27.3 Å². The second kappa shape index (κ2) is 7.23. The molecular weight excluding hydrogens is 278 g/mol.